The maximum Gasteiger partial charge on any atom is 0.413 e. The van der Waals surface area contributed by atoms with E-state index < -0.39 is 24.0 Å². The van der Waals surface area contributed by atoms with Crippen molar-refractivity contribution in [1.29, 1.82) is 0 Å². The molecule has 15 heavy (non-hydrogen) atoms. The first-order valence-electron chi connectivity index (χ1n) is 3.91. The molecule has 0 saturated heterocycles. The predicted octanol–water partition coefficient (Wildman–Crippen LogP) is -0.986. The Morgan fingerprint density at radius 3 is 2.60 bits per heavy atom. The lowest BCUT2D eigenvalue weighted by molar-refractivity contribution is -0.138. The highest BCUT2D eigenvalue weighted by Gasteiger charge is 2.13. The second-order valence-electron chi connectivity index (χ2n) is 2.50. The summed E-state index contributed by atoms with van der Waals surface area (Å²) < 4.78 is 4.19. The van der Waals surface area contributed by atoms with Gasteiger partial charge in [0.1, 0.15) is 6.04 Å². The molecule has 0 radical (unpaired) electrons. The lowest BCUT2D eigenvalue weighted by Gasteiger charge is -2.05. The summed E-state index contributed by atoms with van der Waals surface area (Å²) in [6.07, 6.45) is -0.844. The number of nitrogens with one attached hydrogen (secondary N) is 1. The minimum absolute atomic E-state index is 0.0456. The molecular formula is C7H12N2O5S. The van der Waals surface area contributed by atoms with Gasteiger partial charge in [0.15, 0.2) is 0 Å². The number of hydrogen-bond donors (Lipinski definition) is 3. The molecule has 7 nitrogen and oxygen atoms in total. The quantitative estimate of drug-likeness (QED) is 0.561. The minimum atomic E-state index is -1.13. The SMILES string of the molecule is COC(=O)NC(=O)CSCC(N)C(=O)O. The normalized spacial score (nSPS) is 11.6. The van der Waals surface area contributed by atoms with Gasteiger partial charge in [-0.05, 0) is 0 Å². The third kappa shape index (κ3) is 6.75. The molecule has 2 amide bonds. The molecule has 0 aliphatic heterocycles. The summed E-state index contributed by atoms with van der Waals surface area (Å²) in [6, 6.07) is -1.01. The Hall–Kier alpha value is -1.28. The van der Waals surface area contributed by atoms with E-state index in [0.717, 1.165) is 18.9 Å². The van der Waals surface area contributed by atoms with Crippen LogP contribution in [0.15, 0.2) is 0 Å². The first kappa shape index (κ1) is 13.7. The van der Waals surface area contributed by atoms with Gasteiger partial charge in [-0.25, -0.2) is 4.79 Å². The Labute approximate surface area is 90.3 Å². The van der Waals surface area contributed by atoms with Crippen LogP contribution < -0.4 is 11.1 Å². The number of carboxylic acid groups (broad SMARTS) is 1. The molecule has 0 spiro atoms. The number of nitrogens with two attached hydrogens (primary N) is 1. The summed E-state index contributed by atoms with van der Waals surface area (Å²) in [5.74, 6) is -1.62. The number of aliphatic carboxylic acids is 1. The number of hydrogen-bond acceptors (Lipinski definition) is 6. The third-order valence-corrected chi connectivity index (χ3v) is 2.34. The zero-order chi connectivity index (χ0) is 11.8. The van der Waals surface area contributed by atoms with Gasteiger partial charge in [-0.15, -0.1) is 11.8 Å². The number of imide groups is 1. The second-order valence-corrected chi connectivity index (χ2v) is 3.53. The fourth-order valence-electron chi connectivity index (χ4n) is 0.551. The van der Waals surface area contributed by atoms with Crippen LogP contribution in [0.4, 0.5) is 4.79 Å². The van der Waals surface area contributed by atoms with Gasteiger partial charge >= 0.3 is 12.1 Å². The van der Waals surface area contributed by atoms with E-state index in [2.05, 4.69) is 4.74 Å². The Bertz CT molecular complexity index is 258. The highest BCUT2D eigenvalue weighted by Crippen LogP contribution is 2.01. The van der Waals surface area contributed by atoms with Crippen molar-refractivity contribution < 1.29 is 24.2 Å². The molecule has 0 aromatic heterocycles. The van der Waals surface area contributed by atoms with Crippen molar-refractivity contribution in [3.8, 4) is 0 Å². The molecule has 0 aromatic carbocycles. The molecule has 0 fully saturated rings. The van der Waals surface area contributed by atoms with Crippen LogP contribution in [0, 0.1) is 0 Å². The number of methoxy groups -OCH3 is 1. The van der Waals surface area contributed by atoms with Crippen LogP contribution in [0.25, 0.3) is 0 Å². The number of carboxylic acids is 1. The van der Waals surface area contributed by atoms with Crippen molar-refractivity contribution in [2.75, 3.05) is 18.6 Å². The first-order valence-corrected chi connectivity index (χ1v) is 5.06. The molecule has 0 aliphatic carbocycles. The van der Waals surface area contributed by atoms with Crippen LogP contribution >= 0.6 is 11.8 Å². The number of carbonyl (C=O) groups is 3. The van der Waals surface area contributed by atoms with Crippen molar-refractivity contribution in [3.05, 3.63) is 0 Å². The van der Waals surface area contributed by atoms with Crippen molar-refractivity contribution >= 4 is 29.7 Å². The molecule has 0 heterocycles. The van der Waals surface area contributed by atoms with Crippen molar-refractivity contribution in [3.63, 3.8) is 0 Å². The minimum Gasteiger partial charge on any atom is -0.480 e. The number of carbonyl (C=O) groups excluding carboxylic acids is 2. The molecule has 0 rings (SSSR count). The van der Waals surface area contributed by atoms with Gasteiger partial charge in [0.2, 0.25) is 5.91 Å². The van der Waals surface area contributed by atoms with Gasteiger partial charge in [-0.1, -0.05) is 0 Å². The van der Waals surface area contributed by atoms with Crippen LogP contribution in [0.5, 0.6) is 0 Å². The molecule has 0 saturated carbocycles. The topological polar surface area (TPSA) is 119 Å². The standard InChI is InChI=1S/C7H12N2O5S/c1-14-7(13)9-5(10)3-15-2-4(8)6(11)12/h4H,2-3,8H2,1H3,(H,11,12)(H,9,10,13). The second kappa shape index (κ2) is 7.07. The van der Waals surface area contributed by atoms with Crippen molar-refractivity contribution in [1.82, 2.24) is 5.32 Å². The van der Waals surface area contributed by atoms with Crippen LogP contribution in [-0.2, 0) is 14.3 Å². The fourth-order valence-corrected chi connectivity index (χ4v) is 1.32. The Kier molecular flexibility index (Phi) is 6.47. The summed E-state index contributed by atoms with van der Waals surface area (Å²) >= 11 is 1.02. The molecule has 0 aromatic rings. The van der Waals surface area contributed by atoms with Gasteiger partial charge in [0.25, 0.3) is 0 Å². The first-order chi connectivity index (χ1) is 6.97. The van der Waals surface area contributed by atoms with E-state index in [0.29, 0.717) is 0 Å². The Morgan fingerprint density at radius 1 is 1.53 bits per heavy atom. The molecule has 0 aliphatic rings. The summed E-state index contributed by atoms with van der Waals surface area (Å²) in [7, 11) is 1.14. The molecule has 8 heteroatoms. The average Bonchev–Trinajstić information content (AvgIpc) is 2.17. The Morgan fingerprint density at radius 2 is 2.13 bits per heavy atom. The lowest BCUT2D eigenvalue weighted by atomic mass is 10.4. The monoisotopic (exact) mass is 236 g/mol. The summed E-state index contributed by atoms with van der Waals surface area (Å²) in [4.78, 5) is 31.8. The summed E-state index contributed by atoms with van der Waals surface area (Å²) in [5.41, 5.74) is 5.19. The maximum absolute atomic E-state index is 10.9. The smallest absolute Gasteiger partial charge is 0.413 e. The van der Waals surface area contributed by atoms with E-state index in [1.165, 1.54) is 0 Å². The highest BCUT2D eigenvalue weighted by atomic mass is 32.2. The van der Waals surface area contributed by atoms with Gasteiger partial charge < -0.3 is 15.6 Å². The van der Waals surface area contributed by atoms with E-state index in [9.17, 15) is 14.4 Å². The van der Waals surface area contributed by atoms with Crippen molar-refractivity contribution in [2.45, 2.75) is 6.04 Å². The van der Waals surface area contributed by atoms with Crippen LogP contribution in [0.1, 0.15) is 0 Å². The van der Waals surface area contributed by atoms with E-state index >= 15 is 0 Å². The highest BCUT2D eigenvalue weighted by molar-refractivity contribution is 8.00. The lowest BCUT2D eigenvalue weighted by Crippen LogP contribution is -2.35. The van der Waals surface area contributed by atoms with Crippen LogP contribution in [0.2, 0.25) is 0 Å². The van der Waals surface area contributed by atoms with Gasteiger partial charge in [0, 0.05) is 5.75 Å². The number of ether oxygens (including phenoxy) is 1. The van der Waals surface area contributed by atoms with Crippen LogP contribution in [-0.4, -0.2) is 47.7 Å². The largest absolute Gasteiger partial charge is 0.480 e. The average molecular weight is 236 g/mol. The molecule has 0 bridgehead atoms. The van der Waals surface area contributed by atoms with Gasteiger partial charge in [-0.2, -0.15) is 0 Å². The number of amides is 2. The van der Waals surface area contributed by atoms with Gasteiger partial charge in [-0.3, -0.25) is 14.9 Å². The summed E-state index contributed by atoms with van der Waals surface area (Å²) in [6.45, 7) is 0. The van der Waals surface area contributed by atoms with Crippen molar-refractivity contribution in [2.24, 2.45) is 5.73 Å². The van der Waals surface area contributed by atoms with E-state index in [1.807, 2.05) is 5.32 Å². The zero-order valence-corrected chi connectivity index (χ0v) is 8.87. The number of thioether (sulfide) groups is 1. The van der Waals surface area contributed by atoms with Gasteiger partial charge in [0.05, 0.1) is 12.9 Å². The van der Waals surface area contributed by atoms with E-state index in [4.69, 9.17) is 10.8 Å². The fraction of sp³-hybridized carbons (Fsp3) is 0.571. The molecule has 86 valence electrons. The Balaban J connectivity index is 3.64. The summed E-state index contributed by atoms with van der Waals surface area (Å²) in [5, 5.41) is 10.3. The van der Waals surface area contributed by atoms with E-state index in [1.54, 1.807) is 0 Å². The number of alkyl carbamates (subject to hydrolysis) is 1. The third-order valence-electron chi connectivity index (χ3n) is 1.27. The van der Waals surface area contributed by atoms with Crippen LogP contribution in [0.3, 0.4) is 0 Å². The number of rotatable bonds is 5. The molecule has 1 unspecified atom stereocenters. The molecular weight excluding hydrogens is 224 g/mol. The van der Waals surface area contributed by atoms with E-state index in [-0.39, 0.29) is 11.5 Å². The molecule has 4 N–H and O–H groups in total. The maximum atomic E-state index is 10.9. The predicted molar refractivity (Wildman–Crippen MR) is 53.5 cm³/mol. The molecule has 1 atom stereocenters. The zero-order valence-electron chi connectivity index (χ0n) is 8.06.